The van der Waals surface area contributed by atoms with E-state index < -0.39 is 0 Å². The highest BCUT2D eigenvalue weighted by atomic mass is 15.0. The molecule has 0 amide bonds. The van der Waals surface area contributed by atoms with Gasteiger partial charge in [-0.1, -0.05) is 123 Å². The SMILES string of the molecule is CC1(C)c2ccccc2-c2c1ccc1c2c2ccccc2n1-c1cc(-c2cccc(C#N)c2)cc(-c2cc(-c3ccccc3)c3ccccc3n2)c1. The first-order valence-corrected chi connectivity index (χ1v) is 17.8. The number of rotatable bonds is 4. The van der Waals surface area contributed by atoms with Crippen molar-refractivity contribution in [2.24, 2.45) is 0 Å². The average molecular weight is 664 g/mol. The van der Waals surface area contributed by atoms with Gasteiger partial charge in [0, 0.05) is 32.8 Å². The number of hydrogen-bond acceptors (Lipinski definition) is 2. The molecule has 244 valence electrons. The summed E-state index contributed by atoms with van der Waals surface area (Å²) in [5.41, 5.74) is 16.4. The molecule has 0 unspecified atom stereocenters. The average Bonchev–Trinajstić information content (AvgIpc) is 3.66. The lowest BCUT2D eigenvalue weighted by Crippen LogP contribution is -2.14. The van der Waals surface area contributed by atoms with Crippen molar-refractivity contribution in [2.75, 3.05) is 0 Å². The molecule has 3 heteroatoms. The first-order valence-electron chi connectivity index (χ1n) is 17.8. The number of nitriles is 1. The van der Waals surface area contributed by atoms with E-state index in [-0.39, 0.29) is 5.41 Å². The van der Waals surface area contributed by atoms with E-state index in [0.717, 1.165) is 61.1 Å². The number of benzene rings is 7. The van der Waals surface area contributed by atoms with E-state index in [4.69, 9.17) is 4.98 Å². The van der Waals surface area contributed by atoms with Crippen LogP contribution in [0.2, 0.25) is 0 Å². The highest BCUT2D eigenvalue weighted by Crippen LogP contribution is 2.53. The maximum absolute atomic E-state index is 9.84. The van der Waals surface area contributed by atoms with Gasteiger partial charge >= 0.3 is 0 Å². The number of aromatic nitrogens is 2. The molecule has 9 aromatic rings. The summed E-state index contributed by atoms with van der Waals surface area (Å²) in [5.74, 6) is 0. The van der Waals surface area contributed by atoms with Gasteiger partial charge in [-0.25, -0.2) is 4.98 Å². The van der Waals surface area contributed by atoms with Gasteiger partial charge in [0.25, 0.3) is 0 Å². The Hall–Kier alpha value is -6.76. The molecule has 1 aliphatic rings. The first-order chi connectivity index (χ1) is 25.5. The second kappa shape index (κ2) is 11.4. The third-order valence-electron chi connectivity index (χ3n) is 11.0. The standard InChI is InChI=1S/C49H33N3/c1-49(2)41-20-9-6-18-38(41)47-42(49)23-24-46-48(47)39-19-8-11-22-45(39)52(46)36-27-34(33-16-12-13-31(25-33)30-50)26-35(28-36)44-29-40(32-14-4-3-5-15-32)37-17-7-10-21-43(37)51-44/h3-29H,1-2H3. The van der Waals surface area contributed by atoms with Crippen LogP contribution in [0.3, 0.4) is 0 Å². The summed E-state index contributed by atoms with van der Waals surface area (Å²) in [6.45, 7) is 4.68. The molecule has 0 spiro atoms. The lowest BCUT2D eigenvalue weighted by atomic mass is 9.82. The molecule has 7 aromatic carbocycles. The molecule has 0 bridgehead atoms. The van der Waals surface area contributed by atoms with Crippen LogP contribution >= 0.6 is 0 Å². The monoisotopic (exact) mass is 663 g/mol. The fourth-order valence-corrected chi connectivity index (χ4v) is 8.53. The molecule has 10 rings (SSSR count). The summed E-state index contributed by atoms with van der Waals surface area (Å²) in [6.07, 6.45) is 0. The summed E-state index contributed by atoms with van der Waals surface area (Å²) in [7, 11) is 0. The van der Waals surface area contributed by atoms with Gasteiger partial charge in [-0.05, 0) is 99.1 Å². The van der Waals surface area contributed by atoms with E-state index in [2.05, 4.69) is 170 Å². The highest BCUT2D eigenvalue weighted by Gasteiger charge is 2.37. The molecule has 2 heterocycles. The zero-order valence-corrected chi connectivity index (χ0v) is 28.9. The van der Waals surface area contributed by atoms with Crippen molar-refractivity contribution in [3.05, 3.63) is 180 Å². The highest BCUT2D eigenvalue weighted by molar-refractivity contribution is 6.18. The minimum atomic E-state index is -0.0968. The molecular weight excluding hydrogens is 631 g/mol. The van der Waals surface area contributed by atoms with Gasteiger partial charge in [0.2, 0.25) is 0 Å². The second-order valence-electron chi connectivity index (χ2n) is 14.3. The van der Waals surface area contributed by atoms with Crippen molar-refractivity contribution in [3.8, 4) is 56.4 Å². The summed E-state index contributed by atoms with van der Waals surface area (Å²) in [5, 5.41) is 13.5. The number of nitrogens with zero attached hydrogens (tertiary/aromatic N) is 3. The second-order valence-corrected chi connectivity index (χ2v) is 14.3. The van der Waals surface area contributed by atoms with Gasteiger partial charge in [0.05, 0.1) is 33.9 Å². The Balaban J connectivity index is 1.29. The summed E-state index contributed by atoms with van der Waals surface area (Å²) in [4.78, 5) is 5.27. The van der Waals surface area contributed by atoms with Crippen LogP contribution in [0.1, 0.15) is 30.5 Å². The van der Waals surface area contributed by atoms with E-state index in [1.54, 1.807) is 0 Å². The smallest absolute Gasteiger partial charge is 0.0991 e. The van der Waals surface area contributed by atoms with Crippen LogP contribution in [0, 0.1) is 11.3 Å². The van der Waals surface area contributed by atoms with Crippen LogP contribution in [-0.4, -0.2) is 9.55 Å². The maximum atomic E-state index is 9.84. The number of pyridine rings is 1. The van der Waals surface area contributed by atoms with Crippen LogP contribution in [0.5, 0.6) is 0 Å². The molecule has 0 aliphatic heterocycles. The molecule has 0 saturated heterocycles. The lowest BCUT2D eigenvalue weighted by molar-refractivity contribution is 0.661. The van der Waals surface area contributed by atoms with Crippen LogP contribution in [0.25, 0.3) is 83.0 Å². The van der Waals surface area contributed by atoms with Crippen LogP contribution in [0.4, 0.5) is 0 Å². The number of para-hydroxylation sites is 2. The van der Waals surface area contributed by atoms with Gasteiger partial charge in [0.15, 0.2) is 0 Å². The Morgan fingerprint density at radius 2 is 1.27 bits per heavy atom. The Labute approximate surface area is 302 Å². The van der Waals surface area contributed by atoms with E-state index >= 15 is 0 Å². The van der Waals surface area contributed by atoms with Crippen LogP contribution < -0.4 is 0 Å². The van der Waals surface area contributed by atoms with Gasteiger partial charge in [0.1, 0.15) is 0 Å². The summed E-state index contributed by atoms with van der Waals surface area (Å²) in [6, 6.07) is 60.5. The van der Waals surface area contributed by atoms with Crippen molar-refractivity contribution >= 4 is 32.7 Å². The summed E-state index contributed by atoms with van der Waals surface area (Å²) >= 11 is 0. The van der Waals surface area contributed by atoms with Gasteiger partial charge in [-0.15, -0.1) is 0 Å². The number of fused-ring (bicyclic) bond motifs is 8. The van der Waals surface area contributed by atoms with E-state index in [9.17, 15) is 5.26 Å². The predicted octanol–water partition coefficient (Wildman–Crippen LogP) is 12.5. The minimum absolute atomic E-state index is 0.0968. The van der Waals surface area contributed by atoms with Crippen molar-refractivity contribution < 1.29 is 0 Å². The summed E-state index contributed by atoms with van der Waals surface area (Å²) < 4.78 is 2.42. The molecule has 0 radical (unpaired) electrons. The molecule has 0 fully saturated rings. The van der Waals surface area contributed by atoms with Crippen LogP contribution in [0.15, 0.2) is 164 Å². The van der Waals surface area contributed by atoms with Gasteiger partial charge in [-0.2, -0.15) is 5.26 Å². The van der Waals surface area contributed by atoms with E-state index in [0.29, 0.717) is 5.56 Å². The molecule has 0 atom stereocenters. The Bertz CT molecular complexity index is 2940. The Morgan fingerprint density at radius 1 is 0.538 bits per heavy atom. The molecular formula is C49H33N3. The molecule has 0 N–H and O–H groups in total. The fraction of sp³-hybridized carbons (Fsp3) is 0.0612. The van der Waals surface area contributed by atoms with Gasteiger partial charge < -0.3 is 4.57 Å². The third-order valence-corrected chi connectivity index (χ3v) is 11.0. The van der Waals surface area contributed by atoms with E-state index in [1.807, 2.05) is 18.2 Å². The molecule has 1 aliphatic carbocycles. The van der Waals surface area contributed by atoms with Crippen molar-refractivity contribution in [3.63, 3.8) is 0 Å². The molecule has 0 saturated carbocycles. The normalized spacial score (nSPS) is 12.9. The van der Waals surface area contributed by atoms with E-state index in [1.165, 1.54) is 33.0 Å². The van der Waals surface area contributed by atoms with Crippen molar-refractivity contribution in [1.82, 2.24) is 9.55 Å². The molecule has 2 aromatic heterocycles. The third kappa shape index (κ3) is 4.48. The largest absolute Gasteiger partial charge is 0.309 e. The lowest BCUT2D eigenvalue weighted by Gasteiger charge is -2.21. The quantitative estimate of drug-likeness (QED) is 0.188. The first kappa shape index (κ1) is 30.1. The predicted molar refractivity (Wildman–Crippen MR) is 215 cm³/mol. The zero-order chi connectivity index (χ0) is 35.0. The Morgan fingerprint density at radius 3 is 2.13 bits per heavy atom. The van der Waals surface area contributed by atoms with Crippen molar-refractivity contribution in [1.29, 1.82) is 5.26 Å². The zero-order valence-electron chi connectivity index (χ0n) is 28.9. The maximum Gasteiger partial charge on any atom is 0.0991 e. The molecule has 52 heavy (non-hydrogen) atoms. The Kier molecular flexibility index (Phi) is 6.59. The minimum Gasteiger partial charge on any atom is -0.309 e. The van der Waals surface area contributed by atoms with Crippen LogP contribution in [-0.2, 0) is 5.41 Å². The van der Waals surface area contributed by atoms with Gasteiger partial charge in [-0.3, -0.25) is 0 Å². The van der Waals surface area contributed by atoms with Crippen molar-refractivity contribution in [2.45, 2.75) is 19.3 Å². The fourth-order valence-electron chi connectivity index (χ4n) is 8.53. The number of hydrogen-bond donors (Lipinski definition) is 0. The molecule has 3 nitrogen and oxygen atoms in total. The topological polar surface area (TPSA) is 41.6 Å².